The van der Waals surface area contributed by atoms with E-state index in [1.54, 1.807) is 0 Å². The molecule has 1 atom stereocenters. The number of rotatable bonds is 6. The van der Waals surface area contributed by atoms with Crippen LogP contribution in [0.25, 0.3) is 26.2 Å². The van der Waals surface area contributed by atoms with Gasteiger partial charge < -0.3 is 15.6 Å². The van der Waals surface area contributed by atoms with Gasteiger partial charge in [0.25, 0.3) is 0 Å². The Labute approximate surface area is 165 Å². The number of ether oxygens (including phenoxy) is 1. The fourth-order valence-electron chi connectivity index (χ4n) is 2.32. The van der Waals surface area contributed by atoms with Gasteiger partial charge in [0.15, 0.2) is 21.5 Å². The minimum Gasteiger partial charge on any atom is -0.489 e. The monoisotopic (exact) mass is 425 g/mol. The van der Waals surface area contributed by atoms with Crippen LogP contribution in [-0.2, 0) is 0 Å². The van der Waals surface area contributed by atoms with Crippen LogP contribution in [0.1, 0.15) is 0 Å². The SMILES string of the molecule is NC(CO)COc1cc(Cl)c(-c2nnc(-c3cn4ccsc4n3)s2)cc1F. The summed E-state index contributed by atoms with van der Waals surface area (Å²) in [5, 5.41) is 20.5. The van der Waals surface area contributed by atoms with Crippen molar-refractivity contribution in [2.45, 2.75) is 6.04 Å². The lowest BCUT2D eigenvalue weighted by molar-refractivity contribution is 0.202. The number of halogens is 2. The maximum absolute atomic E-state index is 14.4. The van der Waals surface area contributed by atoms with Crippen LogP contribution in [-0.4, -0.2) is 43.9 Å². The number of fused-ring (bicyclic) bond motifs is 1. The molecule has 0 saturated heterocycles. The average molecular weight is 426 g/mol. The van der Waals surface area contributed by atoms with Gasteiger partial charge in [-0.05, 0) is 6.07 Å². The molecule has 140 valence electrons. The van der Waals surface area contributed by atoms with Gasteiger partial charge in [0.1, 0.15) is 17.3 Å². The van der Waals surface area contributed by atoms with Crippen molar-refractivity contribution < 1.29 is 14.2 Å². The summed E-state index contributed by atoms with van der Waals surface area (Å²) in [6.07, 6.45) is 3.77. The number of aromatic nitrogens is 4. The molecule has 4 rings (SSSR count). The Balaban J connectivity index is 1.61. The van der Waals surface area contributed by atoms with Crippen molar-refractivity contribution in [3.05, 3.63) is 40.7 Å². The molecular formula is C16H13ClFN5O2S2. The van der Waals surface area contributed by atoms with Crippen molar-refractivity contribution in [1.82, 2.24) is 19.6 Å². The molecule has 0 radical (unpaired) electrons. The van der Waals surface area contributed by atoms with E-state index in [4.69, 9.17) is 27.2 Å². The molecule has 0 spiro atoms. The zero-order valence-electron chi connectivity index (χ0n) is 13.7. The van der Waals surface area contributed by atoms with E-state index in [2.05, 4.69) is 15.2 Å². The van der Waals surface area contributed by atoms with Crippen LogP contribution in [0, 0.1) is 5.82 Å². The van der Waals surface area contributed by atoms with Crippen molar-refractivity contribution in [2.24, 2.45) is 5.73 Å². The van der Waals surface area contributed by atoms with Gasteiger partial charge in [-0.3, -0.25) is 4.40 Å². The zero-order chi connectivity index (χ0) is 19.0. The molecule has 27 heavy (non-hydrogen) atoms. The predicted octanol–water partition coefficient (Wildman–Crippen LogP) is 3.07. The minimum absolute atomic E-state index is 0.0243. The summed E-state index contributed by atoms with van der Waals surface area (Å²) in [6, 6.07) is 2.01. The summed E-state index contributed by atoms with van der Waals surface area (Å²) in [5.41, 5.74) is 6.66. The lowest BCUT2D eigenvalue weighted by Gasteiger charge is -2.12. The lowest BCUT2D eigenvalue weighted by Crippen LogP contribution is -2.31. The van der Waals surface area contributed by atoms with E-state index in [-0.39, 0.29) is 24.0 Å². The Hall–Kier alpha value is -2.11. The molecule has 7 nitrogen and oxygen atoms in total. The van der Waals surface area contributed by atoms with Crippen LogP contribution in [0.2, 0.25) is 5.02 Å². The summed E-state index contributed by atoms with van der Waals surface area (Å²) in [4.78, 5) is 5.34. The van der Waals surface area contributed by atoms with Crippen LogP contribution >= 0.6 is 34.3 Å². The van der Waals surface area contributed by atoms with Gasteiger partial charge in [0, 0.05) is 29.4 Å². The first kappa shape index (κ1) is 18.3. The van der Waals surface area contributed by atoms with Gasteiger partial charge in [-0.2, -0.15) is 0 Å². The first-order valence-electron chi connectivity index (χ1n) is 7.80. The molecule has 0 aliphatic rings. The topological polar surface area (TPSA) is 98.6 Å². The number of benzene rings is 1. The van der Waals surface area contributed by atoms with Gasteiger partial charge in [-0.25, -0.2) is 9.37 Å². The molecule has 0 amide bonds. The third-order valence-electron chi connectivity index (χ3n) is 3.68. The van der Waals surface area contributed by atoms with E-state index in [0.717, 1.165) is 4.96 Å². The number of nitrogens with zero attached hydrogens (tertiary/aromatic N) is 4. The van der Waals surface area contributed by atoms with Crippen molar-refractivity contribution >= 4 is 39.2 Å². The highest BCUT2D eigenvalue weighted by Gasteiger charge is 2.17. The summed E-state index contributed by atoms with van der Waals surface area (Å²) in [6.45, 7) is -0.281. The van der Waals surface area contributed by atoms with Crippen LogP contribution in [0.15, 0.2) is 29.9 Å². The zero-order valence-corrected chi connectivity index (χ0v) is 16.1. The van der Waals surface area contributed by atoms with E-state index >= 15 is 0 Å². The molecule has 0 aliphatic carbocycles. The molecule has 0 bridgehead atoms. The highest BCUT2D eigenvalue weighted by atomic mass is 35.5. The molecule has 3 aromatic heterocycles. The summed E-state index contributed by atoms with van der Waals surface area (Å²) >= 11 is 9.07. The van der Waals surface area contributed by atoms with Crippen molar-refractivity contribution in [3.63, 3.8) is 0 Å². The van der Waals surface area contributed by atoms with Gasteiger partial charge in [-0.1, -0.05) is 22.9 Å². The van der Waals surface area contributed by atoms with Crippen LogP contribution in [0.5, 0.6) is 5.75 Å². The first-order chi connectivity index (χ1) is 13.0. The molecule has 0 aliphatic heterocycles. The second kappa shape index (κ2) is 7.49. The number of aliphatic hydroxyl groups excluding tert-OH is 1. The number of thiazole rings is 1. The number of nitrogens with two attached hydrogens (primary N) is 1. The number of aliphatic hydroxyl groups is 1. The quantitative estimate of drug-likeness (QED) is 0.492. The van der Waals surface area contributed by atoms with E-state index in [0.29, 0.717) is 21.3 Å². The summed E-state index contributed by atoms with van der Waals surface area (Å²) in [7, 11) is 0. The van der Waals surface area contributed by atoms with E-state index in [1.807, 2.05) is 22.2 Å². The molecule has 1 aromatic carbocycles. The maximum atomic E-state index is 14.4. The second-order valence-corrected chi connectivity index (χ2v) is 7.91. The molecule has 4 aromatic rings. The molecule has 11 heteroatoms. The van der Waals surface area contributed by atoms with Gasteiger partial charge in [-0.15, -0.1) is 21.5 Å². The first-order valence-corrected chi connectivity index (χ1v) is 9.87. The Bertz CT molecular complexity index is 1070. The molecule has 0 saturated carbocycles. The highest BCUT2D eigenvalue weighted by Crippen LogP contribution is 2.37. The van der Waals surface area contributed by atoms with Crippen molar-refractivity contribution in [1.29, 1.82) is 0 Å². The van der Waals surface area contributed by atoms with Gasteiger partial charge >= 0.3 is 0 Å². The number of imidazole rings is 1. The third-order valence-corrected chi connectivity index (χ3v) is 5.74. The summed E-state index contributed by atoms with van der Waals surface area (Å²) < 4.78 is 21.5. The van der Waals surface area contributed by atoms with E-state index in [9.17, 15) is 4.39 Å². The largest absolute Gasteiger partial charge is 0.489 e. The Morgan fingerprint density at radius 3 is 2.93 bits per heavy atom. The van der Waals surface area contributed by atoms with Gasteiger partial charge in [0.05, 0.1) is 17.7 Å². The number of hydrogen-bond donors (Lipinski definition) is 2. The average Bonchev–Trinajstić information content (AvgIpc) is 3.36. The van der Waals surface area contributed by atoms with Crippen molar-refractivity contribution in [3.8, 4) is 27.0 Å². The Morgan fingerprint density at radius 2 is 2.15 bits per heavy atom. The third kappa shape index (κ3) is 3.66. The van der Waals surface area contributed by atoms with Crippen LogP contribution in [0.4, 0.5) is 4.39 Å². The Morgan fingerprint density at radius 1 is 1.33 bits per heavy atom. The summed E-state index contributed by atoms with van der Waals surface area (Å²) in [5.74, 6) is -0.634. The fourth-order valence-corrected chi connectivity index (χ4v) is 4.15. The fraction of sp³-hybridized carbons (Fsp3) is 0.188. The highest BCUT2D eigenvalue weighted by molar-refractivity contribution is 7.18. The molecule has 1 unspecified atom stereocenters. The number of hydrogen-bond acceptors (Lipinski definition) is 8. The molecular weight excluding hydrogens is 413 g/mol. The molecule has 0 fully saturated rings. The van der Waals surface area contributed by atoms with E-state index in [1.165, 1.54) is 34.8 Å². The van der Waals surface area contributed by atoms with Crippen molar-refractivity contribution in [2.75, 3.05) is 13.2 Å². The van der Waals surface area contributed by atoms with Crippen LogP contribution < -0.4 is 10.5 Å². The standard InChI is InChI=1S/C16H13ClFN5O2S2/c17-10-4-13(25-7-8(19)6-24)11(18)3-9(10)14-21-22-15(27-14)12-5-23-1-2-26-16(23)20-12/h1-5,8,24H,6-7,19H2. The smallest absolute Gasteiger partial charge is 0.194 e. The molecule has 3 heterocycles. The van der Waals surface area contributed by atoms with Crippen LogP contribution in [0.3, 0.4) is 0 Å². The van der Waals surface area contributed by atoms with Gasteiger partial charge in [0.2, 0.25) is 0 Å². The maximum Gasteiger partial charge on any atom is 0.194 e. The Kier molecular flexibility index (Phi) is 5.06. The predicted molar refractivity (Wildman–Crippen MR) is 103 cm³/mol. The normalized spacial score (nSPS) is 12.6. The second-order valence-electron chi connectivity index (χ2n) is 5.65. The lowest BCUT2D eigenvalue weighted by atomic mass is 10.2. The van der Waals surface area contributed by atoms with E-state index < -0.39 is 11.9 Å². The molecule has 3 N–H and O–H groups in total. The minimum atomic E-state index is -0.599.